The Morgan fingerprint density at radius 1 is 1.33 bits per heavy atom. The summed E-state index contributed by atoms with van der Waals surface area (Å²) < 4.78 is 9.50. The number of hydrogen-bond donors (Lipinski definition) is 1. The van der Waals surface area contributed by atoms with Gasteiger partial charge in [-0.2, -0.15) is 0 Å². The lowest BCUT2D eigenvalue weighted by molar-refractivity contribution is -0.136. The number of carbonyl (C=O) groups excluding carboxylic acids is 1. The molecule has 0 fully saturated rings. The number of methoxy groups -OCH3 is 2. The van der Waals surface area contributed by atoms with E-state index in [0.29, 0.717) is 12.1 Å². The van der Waals surface area contributed by atoms with Crippen molar-refractivity contribution in [1.82, 2.24) is 5.32 Å². The zero-order chi connectivity index (χ0) is 11.5. The van der Waals surface area contributed by atoms with Crippen molar-refractivity contribution in [2.24, 2.45) is 0 Å². The molecular weight excluding hydrogens is 194 g/mol. The highest BCUT2D eigenvalue weighted by molar-refractivity contribution is 5.87. The molecule has 0 saturated heterocycles. The summed E-state index contributed by atoms with van der Waals surface area (Å²) >= 11 is 0. The van der Waals surface area contributed by atoms with E-state index in [1.807, 2.05) is 6.08 Å². The third-order valence-corrected chi connectivity index (χ3v) is 2.01. The van der Waals surface area contributed by atoms with Crippen molar-refractivity contribution in [3.63, 3.8) is 0 Å². The predicted octanol–water partition coefficient (Wildman–Crippen LogP) is 1.12. The van der Waals surface area contributed by atoms with Gasteiger partial charge in [-0.25, -0.2) is 4.79 Å². The molecule has 0 heterocycles. The molecule has 4 heteroatoms. The van der Waals surface area contributed by atoms with Crippen molar-refractivity contribution in [1.29, 1.82) is 0 Å². The minimum atomic E-state index is -0.267. The molecule has 0 aromatic heterocycles. The lowest BCUT2D eigenvalue weighted by atomic mass is 10.3. The second-order valence-electron chi connectivity index (χ2n) is 3.28. The number of unbranched alkanes of at least 4 members (excludes halogenated alkanes) is 1. The molecule has 0 aliphatic heterocycles. The summed E-state index contributed by atoms with van der Waals surface area (Å²) in [6, 6.07) is 0. The summed E-state index contributed by atoms with van der Waals surface area (Å²) in [4.78, 5) is 11.0. The zero-order valence-corrected chi connectivity index (χ0v) is 9.84. The molecule has 0 radical (unpaired) electrons. The summed E-state index contributed by atoms with van der Waals surface area (Å²) in [5, 5.41) is 3.21. The van der Waals surface area contributed by atoms with Crippen LogP contribution in [0.2, 0.25) is 0 Å². The maximum absolute atomic E-state index is 11.0. The van der Waals surface area contributed by atoms with E-state index in [-0.39, 0.29) is 5.97 Å². The molecule has 0 saturated carbocycles. The van der Waals surface area contributed by atoms with E-state index in [2.05, 4.69) is 10.1 Å². The lowest BCUT2D eigenvalue weighted by Crippen LogP contribution is -2.16. The highest BCUT2D eigenvalue weighted by Gasteiger charge is 2.00. The first-order valence-electron chi connectivity index (χ1n) is 5.17. The lowest BCUT2D eigenvalue weighted by Gasteiger charge is -2.02. The molecule has 0 aromatic carbocycles. The highest BCUT2D eigenvalue weighted by Crippen LogP contribution is 1.94. The Kier molecular flexibility index (Phi) is 9.11. The van der Waals surface area contributed by atoms with E-state index >= 15 is 0 Å². The Balaban J connectivity index is 3.40. The Hall–Kier alpha value is -0.870. The van der Waals surface area contributed by atoms with Gasteiger partial charge >= 0.3 is 5.97 Å². The van der Waals surface area contributed by atoms with Gasteiger partial charge in [-0.1, -0.05) is 6.08 Å². The summed E-state index contributed by atoms with van der Waals surface area (Å²) in [5.41, 5.74) is 0.641. The van der Waals surface area contributed by atoms with Gasteiger partial charge in [0.05, 0.1) is 7.11 Å². The third kappa shape index (κ3) is 8.15. The van der Waals surface area contributed by atoms with Crippen LogP contribution >= 0.6 is 0 Å². The predicted molar refractivity (Wildman–Crippen MR) is 59.8 cm³/mol. The topological polar surface area (TPSA) is 47.6 Å². The quantitative estimate of drug-likeness (QED) is 0.374. The smallest absolute Gasteiger partial charge is 0.333 e. The molecular formula is C11H21NO3. The number of esters is 1. The molecule has 4 nitrogen and oxygen atoms in total. The fourth-order valence-electron chi connectivity index (χ4n) is 1.07. The summed E-state index contributed by atoms with van der Waals surface area (Å²) in [6.45, 7) is 4.19. The van der Waals surface area contributed by atoms with Crippen LogP contribution in [0.5, 0.6) is 0 Å². The summed E-state index contributed by atoms with van der Waals surface area (Å²) in [6.07, 6.45) is 3.98. The molecule has 0 aromatic rings. The van der Waals surface area contributed by atoms with Gasteiger partial charge in [0.2, 0.25) is 0 Å². The first-order chi connectivity index (χ1) is 7.22. The SMILES string of the molecule is COCCCCNC/C=C(/C)C(=O)OC. The number of hydrogen-bond acceptors (Lipinski definition) is 4. The van der Waals surface area contributed by atoms with Crippen LogP contribution in [0.25, 0.3) is 0 Å². The van der Waals surface area contributed by atoms with Crippen LogP contribution < -0.4 is 5.32 Å². The Morgan fingerprint density at radius 3 is 2.67 bits per heavy atom. The van der Waals surface area contributed by atoms with Gasteiger partial charge < -0.3 is 14.8 Å². The van der Waals surface area contributed by atoms with E-state index in [1.165, 1.54) is 7.11 Å². The standard InChI is InChI=1S/C11H21NO3/c1-10(11(13)15-3)6-8-12-7-4-5-9-14-2/h6,12H,4-5,7-9H2,1-3H3/b10-6-. The Labute approximate surface area is 91.6 Å². The average Bonchev–Trinajstić information content (AvgIpc) is 2.26. The van der Waals surface area contributed by atoms with Crippen molar-refractivity contribution in [3.8, 4) is 0 Å². The Bertz CT molecular complexity index is 202. The van der Waals surface area contributed by atoms with E-state index in [9.17, 15) is 4.79 Å². The minimum Gasteiger partial charge on any atom is -0.466 e. The Morgan fingerprint density at radius 2 is 2.07 bits per heavy atom. The normalized spacial score (nSPS) is 11.5. The largest absolute Gasteiger partial charge is 0.466 e. The third-order valence-electron chi connectivity index (χ3n) is 2.01. The first kappa shape index (κ1) is 14.1. The average molecular weight is 215 g/mol. The maximum Gasteiger partial charge on any atom is 0.333 e. The first-order valence-corrected chi connectivity index (χ1v) is 5.17. The molecule has 0 atom stereocenters. The monoisotopic (exact) mass is 215 g/mol. The number of nitrogens with one attached hydrogen (secondary N) is 1. The molecule has 88 valence electrons. The fraction of sp³-hybridized carbons (Fsp3) is 0.727. The van der Waals surface area contributed by atoms with Gasteiger partial charge in [-0.3, -0.25) is 0 Å². The van der Waals surface area contributed by atoms with Crippen molar-refractivity contribution in [2.45, 2.75) is 19.8 Å². The second-order valence-corrected chi connectivity index (χ2v) is 3.28. The van der Waals surface area contributed by atoms with Gasteiger partial charge in [0.25, 0.3) is 0 Å². The van der Waals surface area contributed by atoms with Crippen LogP contribution in [-0.4, -0.2) is 39.9 Å². The van der Waals surface area contributed by atoms with Crippen LogP contribution in [0, 0.1) is 0 Å². The van der Waals surface area contributed by atoms with Gasteiger partial charge in [-0.05, 0) is 26.3 Å². The van der Waals surface area contributed by atoms with Crippen molar-refractivity contribution < 1.29 is 14.3 Å². The second kappa shape index (κ2) is 9.68. The molecule has 0 amide bonds. The van der Waals surface area contributed by atoms with Gasteiger partial charge in [0.1, 0.15) is 0 Å². The molecule has 0 bridgehead atoms. The molecule has 0 aliphatic rings. The number of ether oxygens (including phenoxy) is 2. The molecule has 0 rings (SSSR count). The minimum absolute atomic E-state index is 0.267. The van der Waals surface area contributed by atoms with Crippen molar-refractivity contribution >= 4 is 5.97 Å². The van der Waals surface area contributed by atoms with E-state index < -0.39 is 0 Å². The van der Waals surface area contributed by atoms with Crippen LogP contribution in [0.3, 0.4) is 0 Å². The van der Waals surface area contributed by atoms with Gasteiger partial charge in [0.15, 0.2) is 0 Å². The van der Waals surface area contributed by atoms with Gasteiger partial charge in [-0.15, -0.1) is 0 Å². The number of rotatable bonds is 8. The van der Waals surface area contributed by atoms with Gasteiger partial charge in [0, 0.05) is 25.8 Å². The van der Waals surface area contributed by atoms with Crippen LogP contribution in [0.15, 0.2) is 11.6 Å². The highest BCUT2D eigenvalue weighted by atomic mass is 16.5. The van der Waals surface area contributed by atoms with E-state index in [1.54, 1.807) is 14.0 Å². The van der Waals surface area contributed by atoms with Crippen molar-refractivity contribution in [2.75, 3.05) is 33.9 Å². The number of carbonyl (C=O) groups is 1. The fourth-order valence-corrected chi connectivity index (χ4v) is 1.07. The van der Waals surface area contributed by atoms with E-state index in [0.717, 1.165) is 26.0 Å². The molecule has 0 spiro atoms. The zero-order valence-electron chi connectivity index (χ0n) is 9.84. The molecule has 15 heavy (non-hydrogen) atoms. The molecule has 0 unspecified atom stereocenters. The summed E-state index contributed by atoms with van der Waals surface area (Å²) in [5.74, 6) is -0.267. The van der Waals surface area contributed by atoms with Crippen LogP contribution in [-0.2, 0) is 14.3 Å². The van der Waals surface area contributed by atoms with Crippen LogP contribution in [0.4, 0.5) is 0 Å². The molecule has 0 aliphatic carbocycles. The molecule has 1 N–H and O–H groups in total. The van der Waals surface area contributed by atoms with Crippen LogP contribution in [0.1, 0.15) is 19.8 Å². The van der Waals surface area contributed by atoms with Crippen molar-refractivity contribution in [3.05, 3.63) is 11.6 Å². The van der Waals surface area contributed by atoms with E-state index in [4.69, 9.17) is 4.74 Å². The summed E-state index contributed by atoms with van der Waals surface area (Å²) in [7, 11) is 3.09. The maximum atomic E-state index is 11.0.